The van der Waals surface area contributed by atoms with Crippen molar-refractivity contribution in [2.45, 2.75) is 25.9 Å². The van der Waals surface area contributed by atoms with Crippen molar-refractivity contribution in [3.05, 3.63) is 50.1 Å². The largest absolute Gasteiger partial charge is 0.385 e. The molecule has 4 nitrogen and oxygen atoms in total. The predicted molar refractivity (Wildman–Crippen MR) is 78.7 cm³/mol. The van der Waals surface area contributed by atoms with E-state index in [0.717, 1.165) is 25.2 Å². The molecule has 2 heterocycles. The van der Waals surface area contributed by atoms with Gasteiger partial charge in [-0.1, -0.05) is 23.5 Å². The molecule has 2 aromatic rings. The number of hydrogen-bond acceptors (Lipinski definition) is 4. The van der Waals surface area contributed by atoms with Crippen LogP contribution in [0.2, 0.25) is 0 Å². The zero-order valence-corrected chi connectivity index (χ0v) is 11.5. The molecule has 0 spiro atoms. The second-order valence-corrected chi connectivity index (χ2v) is 5.59. The zero-order chi connectivity index (χ0) is 13.1. The Bertz CT molecular complexity index is 617. The third-order valence-corrected chi connectivity index (χ3v) is 4.11. The van der Waals surface area contributed by atoms with E-state index in [1.165, 1.54) is 34.6 Å². The molecule has 1 aromatic heterocycles. The minimum absolute atomic E-state index is 0.0121. The summed E-state index contributed by atoms with van der Waals surface area (Å²) < 4.78 is 0. The maximum atomic E-state index is 11.0. The van der Waals surface area contributed by atoms with Gasteiger partial charge in [-0.25, -0.2) is 0 Å². The Balaban J connectivity index is 1.65. The second kappa shape index (κ2) is 5.59. The SMILES string of the molecule is O=c1[nH]c(CNCc2cccc3c2CCCN3)cs1. The van der Waals surface area contributed by atoms with E-state index in [-0.39, 0.29) is 4.87 Å². The number of aromatic amines is 1. The summed E-state index contributed by atoms with van der Waals surface area (Å²) in [5.41, 5.74) is 5.01. The minimum Gasteiger partial charge on any atom is -0.385 e. The fourth-order valence-corrected chi connectivity index (χ4v) is 3.06. The van der Waals surface area contributed by atoms with E-state index in [1.807, 2.05) is 5.38 Å². The summed E-state index contributed by atoms with van der Waals surface area (Å²) in [4.78, 5) is 13.9. The van der Waals surface area contributed by atoms with Gasteiger partial charge in [0, 0.05) is 36.4 Å². The summed E-state index contributed by atoms with van der Waals surface area (Å²) in [7, 11) is 0. The van der Waals surface area contributed by atoms with E-state index in [4.69, 9.17) is 0 Å². The number of rotatable bonds is 4. The molecule has 19 heavy (non-hydrogen) atoms. The van der Waals surface area contributed by atoms with Crippen LogP contribution in [0.5, 0.6) is 0 Å². The smallest absolute Gasteiger partial charge is 0.304 e. The number of anilines is 1. The van der Waals surface area contributed by atoms with Crippen molar-refractivity contribution >= 4 is 17.0 Å². The number of H-pyrrole nitrogens is 1. The molecular formula is C14H17N3OS. The molecule has 1 aliphatic rings. The van der Waals surface area contributed by atoms with Gasteiger partial charge in [0.25, 0.3) is 0 Å². The first-order valence-electron chi connectivity index (χ1n) is 6.55. The summed E-state index contributed by atoms with van der Waals surface area (Å²) >= 11 is 1.21. The topological polar surface area (TPSA) is 56.9 Å². The van der Waals surface area contributed by atoms with Crippen molar-refractivity contribution in [1.29, 1.82) is 0 Å². The lowest BCUT2D eigenvalue weighted by molar-refractivity contribution is 0.672. The van der Waals surface area contributed by atoms with Crippen molar-refractivity contribution in [1.82, 2.24) is 10.3 Å². The summed E-state index contributed by atoms with van der Waals surface area (Å²) in [5.74, 6) is 0. The third kappa shape index (κ3) is 2.88. The van der Waals surface area contributed by atoms with Gasteiger partial charge in [-0.05, 0) is 30.0 Å². The van der Waals surface area contributed by atoms with Crippen molar-refractivity contribution in [2.24, 2.45) is 0 Å². The number of thiazole rings is 1. The number of fused-ring (bicyclic) bond motifs is 1. The fraction of sp³-hybridized carbons (Fsp3) is 0.357. The summed E-state index contributed by atoms with van der Waals surface area (Å²) in [5, 5.41) is 8.70. The highest BCUT2D eigenvalue weighted by molar-refractivity contribution is 7.07. The Morgan fingerprint density at radius 1 is 1.32 bits per heavy atom. The molecule has 100 valence electrons. The van der Waals surface area contributed by atoms with E-state index in [9.17, 15) is 4.79 Å². The standard InChI is InChI=1S/C14H17N3OS/c18-14-17-11(9-19-14)8-15-7-10-3-1-5-13-12(10)4-2-6-16-13/h1,3,5,9,15-16H,2,4,6-8H2,(H,17,18). The van der Waals surface area contributed by atoms with Crippen LogP contribution in [0.3, 0.4) is 0 Å². The van der Waals surface area contributed by atoms with Gasteiger partial charge < -0.3 is 15.6 Å². The van der Waals surface area contributed by atoms with Gasteiger partial charge in [0.15, 0.2) is 0 Å². The molecule has 0 radical (unpaired) electrons. The molecule has 1 aliphatic heterocycles. The molecule has 3 rings (SSSR count). The Hall–Kier alpha value is -1.59. The van der Waals surface area contributed by atoms with Crippen LogP contribution in [0.4, 0.5) is 5.69 Å². The van der Waals surface area contributed by atoms with Crippen molar-refractivity contribution in [2.75, 3.05) is 11.9 Å². The summed E-state index contributed by atoms with van der Waals surface area (Å²) in [6, 6.07) is 6.42. The molecule has 0 saturated carbocycles. The van der Waals surface area contributed by atoms with Gasteiger partial charge in [-0.15, -0.1) is 0 Å². The molecule has 0 atom stereocenters. The van der Waals surface area contributed by atoms with E-state index in [2.05, 4.69) is 33.8 Å². The minimum atomic E-state index is 0.0121. The molecule has 0 bridgehead atoms. The molecule has 1 aromatic carbocycles. The van der Waals surface area contributed by atoms with Crippen molar-refractivity contribution < 1.29 is 0 Å². The lowest BCUT2D eigenvalue weighted by Gasteiger charge is -2.21. The Morgan fingerprint density at radius 3 is 3.11 bits per heavy atom. The molecule has 0 fully saturated rings. The maximum absolute atomic E-state index is 11.0. The van der Waals surface area contributed by atoms with Crippen LogP contribution in [0.1, 0.15) is 23.2 Å². The van der Waals surface area contributed by atoms with Crippen molar-refractivity contribution in [3.63, 3.8) is 0 Å². The molecule has 5 heteroatoms. The maximum Gasteiger partial charge on any atom is 0.304 e. The second-order valence-electron chi connectivity index (χ2n) is 4.75. The third-order valence-electron chi connectivity index (χ3n) is 3.39. The Morgan fingerprint density at radius 2 is 2.26 bits per heavy atom. The van der Waals surface area contributed by atoms with Gasteiger partial charge in [0.1, 0.15) is 0 Å². The zero-order valence-electron chi connectivity index (χ0n) is 10.7. The summed E-state index contributed by atoms with van der Waals surface area (Å²) in [6.07, 6.45) is 2.34. The highest BCUT2D eigenvalue weighted by atomic mass is 32.1. The lowest BCUT2D eigenvalue weighted by Crippen LogP contribution is -2.18. The van der Waals surface area contributed by atoms with Crippen LogP contribution in [0.15, 0.2) is 28.4 Å². The quantitative estimate of drug-likeness (QED) is 0.801. The first kappa shape index (κ1) is 12.4. The molecule has 0 amide bonds. The van der Waals surface area contributed by atoms with Gasteiger partial charge in [0.05, 0.1) is 0 Å². The van der Waals surface area contributed by atoms with E-state index in [0.29, 0.717) is 6.54 Å². The van der Waals surface area contributed by atoms with Gasteiger partial charge in [-0.2, -0.15) is 0 Å². The molecule has 3 N–H and O–H groups in total. The number of nitrogens with one attached hydrogen (secondary N) is 3. The highest BCUT2D eigenvalue weighted by Crippen LogP contribution is 2.25. The van der Waals surface area contributed by atoms with Gasteiger partial charge in [-0.3, -0.25) is 4.79 Å². The van der Waals surface area contributed by atoms with Crippen LogP contribution in [0.25, 0.3) is 0 Å². The summed E-state index contributed by atoms with van der Waals surface area (Å²) in [6.45, 7) is 2.61. The molecule has 0 saturated heterocycles. The first-order valence-corrected chi connectivity index (χ1v) is 7.43. The highest BCUT2D eigenvalue weighted by Gasteiger charge is 2.11. The Kier molecular flexibility index (Phi) is 3.66. The molecule has 0 aliphatic carbocycles. The van der Waals surface area contributed by atoms with Crippen LogP contribution >= 0.6 is 11.3 Å². The van der Waals surface area contributed by atoms with Crippen LogP contribution in [-0.4, -0.2) is 11.5 Å². The number of benzene rings is 1. The lowest BCUT2D eigenvalue weighted by atomic mass is 9.97. The molecule has 0 unspecified atom stereocenters. The van der Waals surface area contributed by atoms with E-state index >= 15 is 0 Å². The fourth-order valence-electron chi connectivity index (χ4n) is 2.48. The number of aromatic nitrogens is 1. The van der Waals surface area contributed by atoms with E-state index < -0.39 is 0 Å². The van der Waals surface area contributed by atoms with Crippen LogP contribution in [-0.2, 0) is 19.5 Å². The van der Waals surface area contributed by atoms with Gasteiger partial charge >= 0.3 is 4.87 Å². The van der Waals surface area contributed by atoms with Crippen LogP contribution < -0.4 is 15.5 Å². The molecular weight excluding hydrogens is 258 g/mol. The predicted octanol–water partition coefficient (Wildman–Crippen LogP) is 2.08. The average Bonchev–Trinajstić information content (AvgIpc) is 2.85. The van der Waals surface area contributed by atoms with E-state index in [1.54, 1.807) is 0 Å². The average molecular weight is 275 g/mol. The van der Waals surface area contributed by atoms with Gasteiger partial charge in [0.2, 0.25) is 0 Å². The van der Waals surface area contributed by atoms with Crippen LogP contribution in [0, 0.1) is 0 Å². The first-order chi connectivity index (χ1) is 9.33. The number of hydrogen-bond donors (Lipinski definition) is 3. The monoisotopic (exact) mass is 275 g/mol. The van der Waals surface area contributed by atoms with Crippen molar-refractivity contribution in [3.8, 4) is 0 Å². The normalized spacial score (nSPS) is 13.9. The Labute approximate surface area is 115 Å².